The molecule has 0 radical (unpaired) electrons. The lowest BCUT2D eigenvalue weighted by Gasteiger charge is -2.11. The molecule has 0 spiro atoms. The van der Waals surface area contributed by atoms with E-state index in [2.05, 4.69) is 54.3 Å². The molecule has 0 heteroatoms. The van der Waals surface area contributed by atoms with Gasteiger partial charge in [-0.05, 0) is 24.5 Å². The Morgan fingerprint density at radius 3 is 2.35 bits per heavy atom. The van der Waals surface area contributed by atoms with Crippen molar-refractivity contribution in [2.45, 2.75) is 27.2 Å². The second-order valence-electron chi connectivity index (χ2n) is 3.62. The van der Waals surface area contributed by atoms with Crippen molar-refractivity contribution in [1.82, 2.24) is 0 Å². The molecule has 17 heavy (non-hydrogen) atoms. The molecule has 1 unspecified atom stereocenters. The highest BCUT2D eigenvalue weighted by Gasteiger charge is 2.06. The Bertz CT molecular complexity index is 438. The first-order chi connectivity index (χ1) is 8.40. The Kier molecular flexibility index (Phi) is 5.89. The lowest BCUT2D eigenvalue weighted by Crippen LogP contribution is -1.96. The van der Waals surface area contributed by atoms with E-state index >= 15 is 0 Å². The molecule has 0 fully saturated rings. The van der Waals surface area contributed by atoms with Crippen molar-refractivity contribution in [3.05, 3.63) is 54.1 Å². The fraction of sp³-hybridized carbons (Fsp3) is 0.294. The Labute approximate surface area is 105 Å². The van der Waals surface area contributed by atoms with Crippen LogP contribution in [0.5, 0.6) is 0 Å². The van der Waals surface area contributed by atoms with Crippen LogP contribution >= 0.6 is 0 Å². The third-order valence-corrected chi connectivity index (χ3v) is 2.54. The van der Waals surface area contributed by atoms with Crippen molar-refractivity contribution in [2.24, 2.45) is 5.92 Å². The van der Waals surface area contributed by atoms with Crippen LogP contribution in [-0.4, -0.2) is 0 Å². The molecular formula is C17H20. The quantitative estimate of drug-likeness (QED) is 0.607. The largest absolute Gasteiger partial charge is 0.106 e. The molecule has 0 aliphatic heterocycles. The summed E-state index contributed by atoms with van der Waals surface area (Å²) in [6, 6.07) is 10.5. The van der Waals surface area contributed by atoms with E-state index in [4.69, 9.17) is 0 Å². The molecule has 2 rings (SSSR count). The first kappa shape index (κ1) is 13.3. The molecular weight excluding hydrogens is 204 g/mol. The number of allylic oxidation sites excluding steroid dienone is 4. The van der Waals surface area contributed by atoms with Gasteiger partial charge in [0.15, 0.2) is 0 Å². The maximum Gasteiger partial charge on any atom is 0.0420 e. The van der Waals surface area contributed by atoms with Gasteiger partial charge < -0.3 is 0 Å². The summed E-state index contributed by atoms with van der Waals surface area (Å²) in [4.78, 5) is 0. The van der Waals surface area contributed by atoms with Crippen molar-refractivity contribution < 1.29 is 0 Å². The second-order valence-corrected chi connectivity index (χ2v) is 3.62. The molecule has 0 amide bonds. The van der Waals surface area contributed by atoms with Crippen LogP contribution in [0.4, 0.5) is 0 Å². The average molecular weight is 224 g/mol. The fourth-order valence-corrected chi connectivity index (χ4v) is 1.76. The summed E-state index contributed by atoms with van der Waals surface area (Å²) in [5.41, 5.74) is 2.60. The molecule has 0 N–H and O–H groups in total. The van der Waals surface area contributed by atoms with Gasteiger partial charge in [0.05, 0.1) is 0 Å². The lowest BCUT2D eigenvalue weighted by atomic mass is 9.93. The zero-order valence-electron chi connectivity index (χ0n) is 10.9. The highest BCUT2D eigenvalue weighted by molar-refractivity contribution is 5.75. The van der Waals surface area contributed by atoms with E-state index in [1.54, 1.807) is 0 Å². The van der Waals surface area contributed by atoms with Crippen LogP contribution < -0.4 is 0 Å². The Morgan fingerprint density at radius 1 is 1.12 bits per heavy atom. The van der Waals surface area contributed by atoms with E-state index in [0.29, 0.717) is 5.92 Å². The second kappa shape index (κ2) is 7.52. The number of rotatable bonds is 1. The Morgan fingerprint density at radius 2 is 1.82 bits per heavy atom. The van der Waals surface area contributed by atoms with E-state index in [0.717, 1.165) is 6.42 Å². The lowest BCUT2D eigenvalue weighted by molar-refractivity contribution is 0.855. The van der Waals surface area contributed by atoms with Gasteiger partial charge in [0.25, 0.3) is 0 Å². The summed E-state index contributed by atoms with van der Waals surface area (Å²) >= 11 is 0. The third-order valence-electron chi connectivity index (χ3n) is 2.54. The summed E-state index contributed by atoms with van der Waals surface area (Å²) in [5, 5.41) is 0. The van der Waals surface area contributed by atoms with Crippen LogP contribution in [0.25, 0.3) is 5.57 Å². The molecule has 88 valence electrons. The number of hydrogen-bond acceptors (Lipinski definition) is 0. The average Bonchev–Trinajstić information content (AvgIpc) is 2.43. The monoisotopic (exact) mass is 224 g/mol. The number of hydrogen-bond donors (Lipinski definition) is 0. The predicted octanol–water partition coefficient (Wildman–Crippen LogP) is 4.70. The molecule has 1 aromatic carbocycles. The van der Waals surface area contributed by atoms with Crippen molar-refractivity contribution in [1.29, 1.82) is 0 Å². The van der Waals surface area contributed by atoms with E-state index < -0.39 is 0 Å². The molecule has 1 aliphatic carbocycles. The molecule has 1 atom stereocenters. The SMILES string of the molecule is CC.CC#CC1C=CC(c2ccccc2)=CC1. The summed E-state index contributed by atoms with van der Waals surface area (Å²) in [7, 11) is 0. The zero-order chi connectivity index (χ0) is 12.5. The Balaban J connectivity index is 0.000000686. The summed E-state index contributed by atoms with van der Waals surface area (Å²) in [5.74, 6) is 6.54. The van der Waals surface area contributed by atoms with Gasteiger partial charge in [-0.3, -0.25) is 0 Å². The zero-order valence-corrected chi connectivity index (χ0v) is 10.9. The van der Waals surface area contributed by atoms with E-state index in [1.807, 2.05) is 26.8 Å². The number of benzene rings is 1. The highest BCUT2D eigenvalue weighted by Crippen LogP contribution is 2.23. The van der Waals surface area contributed by atoms with Crippen molar-refractivity contribution in [2.75, 3.05) is 0 Å². The van der Waals surface area contributed by atoms with Crippen LogP contribution in [0.2, 0.25) is 0 Å². The first-order valence-corrected chi connectivity index (χ1v) is 6.26. The van der Waals surface area contributed by atoms with E-state index in [-0.39, 0.29) is 0 Å². The first-order valence-electron chi connectivity index (χ1n) is 6.26. The molecule has 1 aliphatic rings. The fourth-order valence-electron chi connectivity index (χ4n) is 1.76. The van der Waals surface area contributed by atoms with Gasteiger partial charge in [-0.25, -0.2) is 0 Å². The molecule has 0 nitrogen and oxygen atoms in total. The normalized spacial score (nSPS) is 17.1. The van der Waals surface area contributed by atoms with Crippen LogP contribution in [0.3, 0.4) is 0 Å². The van der Waals surface area contributed by atoms with E-state index in [1.165, 1.54) is 11.1 Å². The van der Waals surface area contributed by atoms with Crippen molar-refractivity contribution >= 4 is 5.57 Å². The van der Waals surface area contributed by atoms with Gasteiger partial charge in [-0.1, -0.05) is 68.3 Å². The maximum atomic E-state index is 3.18. The van der Waals surface area contributed by atoms with Gasteiger partial charge in [-0.2, -0.15) is 0 Å². The van der Waals surface area contributed by atoms with E-state index in [9.17, 15) is 0 Å². The predicted molar refractivity (Wildman–Crippen MR) is 76.5 cm³/mol. The standard InChI is InChI=1S/C15H14.C2H6/c1-2-6-13-9-11-15(12-10-13)14-7-4-3-5-8-14;1-2/h3-5,7-9,11-13H,10H2,1H3;1-2H3. The summed E-state index contributed by atoms with van der Waals surface area (Å²) in [6.45, 7) is 5.89. The third kappa shape index (κ3) is 3.96. The minimum atomic E-state index is 0.405. The van der Waals surface area contributed by atoms with Crippen LogP contribution in [-0.2, 0) is 0 Å². The topological polar surface area (TPSA) is 0 Å². The highest BCUT2D eigenvalue weighted by atomic mass is 14.1. The summed E-state index contributed by atoms with van der Waals surface area (Å²) < 4.78 is 0. The van der Waals surface area contributed by atoms with Crippen LogP contribution in [0.15, 0.2) is 48.6 Å². The van der Waals surface area contributed by atoms with Crippen molar-refractivity contribution in [3.8, 4) is 11.8 Å². The van der Waals surface area contributed by atoms with Crippen LogP contribution in [0.1, 0.15) is 32.8 Å². The van der Waals surface area contributed by atoms with Gasteiger partial charge in [-0.15, -0.1) is 5.92 Å². The smallest absolute Gasteiger partial charge is 0.0420 e. The van der Waals surface area contributed by atoms with Crippen LogP contribution in [0, 0.1) is 17.8 Å². The van der Waals surface area contributed by atoms with Crippen molar-refractivity contribution in [3.63, 3.8) is 0 Å². The van der Waals surface area contributed by atoms with Gasteiger partial charge >= 0.3 is 0 Å². The minimum absolute atomic E-state index is 0.405. The van der Waals surface area contributed by atoms with Gasteiger partial charge in [0.1, 0.15) is 0 Å². The van der Waals surface area contributed by atoms with Gasteiger partial charge in [0.2, 0.25) is 0 Å². The summed E-state index contributed by atoms with van der Waals surface area (Å²) in [6.07, 6.45) is 7.67. The minimum Gasteiger partial charge on any atom is -0.106 e. The molecule has 0 bridgehead atoms. The maximum absolute atomic E-state index is 3.18. The molecule has 0 aromatic heterocycles. The molecule has 0 saturated carbocycles. The molecule has 1 aromatic rings. The van der Waals surface area contributed by atoms with Gasteiger partial charge in [0, 0.05) is 5.92 Å². The molecule has 0 heterocycles. The Hall–Kier alpha value is -1.74. The molecule has 0 saturated heterocycles.